The SMILES string of the molecule is COc1c(C(C)(C)C)cc(C(O)(c2cc(C(C)(C)C)c(OC)c(C(C)(C)C)c2)[C@H](N)C(=O)O)cc1C(C)(C)C. The third-order valence-electron chi connectivity index (χ3n) is 7.41. The first-order valence-corrected chi connectivity index (χ1v) is 13.6. The lowest BCUT2D eigenvalue weighted by Gasteiger charge is -2.38. The Balaban J connectivity index is 3.24. The molecular formula is C33H51NO5. The molecule has 0 spiro atoms. The standard InChI is InChI=1S/C33H51NO5/c1-29(2,3)21-15-19(16-22(25(21)38-13)30(4,5)6)33(37,27(34)28(35)36)20-17-23(31(7,8)9)26(39-14)24(18-20)32(10,11)12/h15-18,27,37H,34H2,1-14H3,(H,35,36)/t27-/m1/s1. The first kappa shape index (κ1) is 32.6. The summed E-state index contributed by atoms with van der Waals surface area (Å²) in [6.07, 6.45) is 0. The van der Waals surface area contributed by atoms with Crippen LogP contribution in [0.1, 0.15) is 116 Å². The molecule has 0 aliphatic heterocycles. The zero-order valence-electron chi connectivity index (χ0n) is 26.6. The van der Waals surface area contributed by atoms with Crippen molar-refractivity contribution >= 4 is 5.97 Å². The zero-order chi connectivity index (χ0) is 30.5. The number of methoxy groups -OCH3 is 2. The fraction of sp³-hybridized carbons (Fsp3) is 0.606. The summed E-state index contributed by atoms with van der Waals surface area (Å²) in [7, 11) is 3.28. The monoisotopic (exact) mass is 541 g/mol. The normalized spacial score (nSPS) is 14.3. The summed E-state index contributed by atoms with van der Waals surface area (Å²) in [5.41, 5.74) is 7.23. The molecule has 4 N–H and O–H groups in total. The number of aliphatic carboxylic acids is 1. The summed E-state index contributed by atoms with van der Waals surface area (Å²) < 4.78 is 11.8. The molecule has 0 aliphatic rings. The van der Waals surface area contributed by atoms with E-state index in [1.54, 1.807) is 14.2 Å². The van der Waals surface area contributed by atoms with Crippen molar-refractivity contribution in [2.45, 2.75) is 116 Å². The van der Waals surface area contributed by atoms with Crippen LogP contribution in [0, 0.1) is 0 Å². The van der Waals surface area contributed by atoms with E-state index in [-0.39, 0.29) is 21.7 Å². The van der Waals surface area contributed by atoms with Gasteiger partial charge >= 0.3 is 5.97 Å². The van der Waals surface area contributed by atoms with Gasteiger partial charge in [0.2, 0.25) is 0 Å². The van der Waals surface area contributed by atoms with E-state index in [1.807, 2.05) is 24.3 Å². The summed E-state index contributed by atoms with van der Waals surface area (Å²) in [4.78, 5) is 12.5. The summed E-state index contributed by atoms with van der Waals surface area (Å²) in [6.45, 7) is 24.8. The molecule has 6 heteroatoms. The second-order valence-corrected chi connectivity index (χ2v) is 14.8. The van der Waals surface area contributed by atoms with Crippen LogP contribution in [0.4, 0.5) is 0 Å². The molecule has 0 heterocycles. The Hall–Kier alpha value is -2.57. The van der Waals surface area contributed by atoms with Crippen LogP contribution in [0.3, 0.4) is 0 Å². The molecule has 218 valence electrons. The van der Waals surface area contributed by atoms with Gasteiger partial charge in [0, 0.05) is 22.3 Å². The van der Waals surface area contributed by atoms with Gasteiger partial charge in [-0.1, -0.05) is 83.1 Å². The Morgan fingerprint density at radius 2 is 0.872 bits per heavy atom. The van der Waals surface area contributed by atoms with E-state index in [1.165, 1.54) is 0 Å². The molecule has 0 unspecified atom stereocenters. The van der Waals surface area contributed by atoms with Gasteiger partial charge in [0.15, 0.2) is 0 Å². The number of hydrogen-bond donors (Lipinski definition) is 3. The molecule has 0 bridgehead atoms. The maximum absolute atomic E-state index is 12.7. The maximum atomic E-state index is 12.7. The number of nitrogens with two attached hydrogens (primary N) is 1. The zero-order valence-corrected chi connectivity index (χ0v) is 26.6. The van der Waals surface area contributed by atoms with Crippen LogP contribution in [0.2, 0.25) is 0 Å². The highest BCUT2D eigenvalue weighted by atomic mass is 16.5. The summed E-state index contributed by atoms with van der Waals surface area (Å²) in [5, 5.41) is 22.9. The van der Waals surface area contributed by atoms with Crippen LogP contribution < -0.4 is 15.2 Å². The highest BCUT2D eigenvalue weighted by molar-refractivity contribution is 5.77. The van der Waals surface area contributed by atoms with Gasteiger partial charge in [-0.15, -0.1) is 0 Å². The van der Waals surface area contributed by atoms with E-state index in [0.717, 1.165) is 33.8 Å². The molecule has 2 rings (SSSR count). The van der Waals surface area contributed by atoms with Gasteiger partial charge in [0.1, 0.15) is 23.1 Å². The number of hydrogen-bond acceptors (Lipinski definition) is 5. The second-order valence-electron chi connectivity index (χ2n) is 14.8. The predicted molar refractivity (Wildman–Crippen MR) is 159 cm³/mol. The van der Waals surface area contributed by atoms with Crippen molar-refractivity contribution in [3.05, 3.63) is 57.6 Å². The van der Waals surface area contributed by atoms with Crippen molar-refractivity contribution in [1.29, 1.82) is 0 Å². The van der Waals surface area contributed by atoms with E-state index in [2.05, 4.69) is 83.1 Å². The van der Waals surface area contributed by atoms with E-state index < -0.39 is 17.6 Å². The Labute approximate surface area is 235 Å². The molecule has 39 heavy (non-hydrogen) atoms. The largest absolute Gasteiger partial charge is 0.496 e. The topological polar surface area (TPSA) is 102 Å². The Morgan fingerprint density at radius 1 is 0.641 bits per heavy atom. The second kappa shape index (κ2) is 10.4. The average molecular weight is 542 g/mol. The smallest absolute Gasteiger partial charge is 0.324 e. The average Bonchev–Trinajstić information content (AvgIpc) is 2.78. The molecule has 1 atom stereocenters. The third-order valence-corrected chi connectivity index (χ3v) is 7.41. The Kier molecular flexibility index (Phi) is 8.74. The molecule has 0 aromatic heterocycles. The third kappa shape index (κ3) is 6.28. The Bertz CT molecular complexity index is 1060. The number of carbonyl (C=O) groups is 1. The summed E-state index contributed by atoms with van der Waals surface area (Å²) >= 11 is 0. The minimum Gasteiger partial charge on any atom is -0.496 e. The number of carboxylic acid groups (broad SMARTS) is 1. The molecule has 2 aromatic carbocycles. The summed E-state index contributed by atoms with van der Waals surface area (Å²) in [5.74, 6) is 0.157. The number of ether oxygens (including phenoxy) is 2. The number of aliphatic hydroxyl groups is 1. The molecule has 0 saturated carbocycles. The van der Waals surface area contributed by atoms with Gasteiger partial charge in [-0.3, -0.25) is 4.79 Å². The maximum Gasteiger partial charge on any atom is 0.324 e. The minimum atomic E-state index is -2.05. The molecule has 0 amide bonds. The van der Waals surface area contributed by atoms with Crippen molar-refractivity contribution in [2.24, 2.45) is 5.73 Å². The van der Waals surface area contributed by atoms with E-state index in [4.69, 9.17) is 15.2 Å². The molecule has 0 fully saturated rings. The highest BCUT2D eigenvalue weighted by Gasteiger charge is 2.46. The lowest BCUT2D eigenvalue weighted by atomic mass is 9.71. The number of benzene rings is 2. The first-order valence-electron chi connectivity index (χ1n) is 13.6. The lowest BCUT2D eigenvalue weighted by molar-refractivity contribution is -0.144. The van der Waals surface area contributed by atoms with Crippen molar-refractivity contribution in [3.8, 4) is 11.5 Å². The van der Waals surface area contributed by atoms with Gasteiger partial charge in [-0.2, -0.15) is 0 Å². The number of carboxylic acids is 1. The molecule has 0 saturated heterocycles. The predicted octanol–water partition coefficient (Wildman–Crippen LogP) is 6.54. The van der Waals surface area contributed by atoms with Crippen LogP contribution in [-0.2, 0) is 32.1 Å². The van der Waals surface area contributed by atoms with Gasteiger partial charge in [0.25, 0.3) is 0 Å². The van der Waals surface area contributed by atoms with Crippen LogP contribution in [0.15, 0.2) is 24.3 Å². The minimum absolute atomic E-state index is 0.359. The molecule has 2 aromatic rings. The van der Waals surface area contributed by atoms with E-state index >= 15 is 0 Å². The van der Waals surface area contributed by atoms with Gasteiger partial charge in [-0.25, -0.2) is 0 Å². The van der Waals surface area contributed by atoms with Gasteiger partial charge in [-0.05, 0) is 57.1 Å². The fourth-order valence-corrected chi connectivity index (χ4v) is 5.07. The van der Waals surface area contributed by atoms with Gasteiger partial charge < -0.3 is 25.4 Å². The highest BCUT2D eigenvalue weighted by Crippen LogP contribution is 2.47. The summed E-state index contributed by atoms with van der Waals surface area (Å²) in [6, 6.07) is 5.78. The fourth-order valence-electron chi connectivity index (χ4n) is 5.07. The van der Waals surface area contributed by atoms with Crippen molar-refractivity contribution in [1.82, 2.24) is 0 Å². The molecular weight excluding hydrogens is 490 g/mol. The van der Waals surface area contributed by atoms with Crippen LogP contribution in [0.25, 0.3) is 0 Å². The molecule has 0 radical (unpaired) electrons. The van der Waals surface area contributed by atoms with E-state index in [0.29, 0.717) is 11.1 Å². The lowest BCUT2D eigenvalue weighted by Crippen LogP contribution is -2.52. The van der Waals surface area contributed by atoms with Crippen LogP contribution in [-0.4, -0.2) is 36.4 Å². The Morgan fingerprint density at radius 3 is 1.03 bits per heavy atom. The van der Waals surface area contributed by atoms with Crippen molar-refractivity contribution < 1.29 is 24.5 Å². The van der Waals surface area contributed by atoms with Crippen molar-refractivity contribution in [2.75, 3.05) is 14.2 Å². The van der Waals surface area contributed by atoms with Crippen molar-refractivity contribution in [3.63, 3.8) is 0 Å². The molecule has 0 aliphatic carbocycles. The van der Waals surface area contributed by atoms with Gasteiger partial charge in [0.05, 0.1) is 14.2 Å². The number of rotatable bonds is 6. The molecule has 6 nitrogen and oxygen atoms in total. The quantitative estimate of drug-likeness (QED) is 0.384. The van der Waals surface area contributed by atoms with Crippen LogP contribution in [0.5, 0.6) is 11.5 Å². The first-order chi connectivity index (χ1) is 17.4. The van der Waals surface area contributed by atoms with Crippen LogP contribution >= 0.6 is 0 Å². The van der Waals surface area contributed by atoms with E-state index in [9.17, 15) is 15.0 Å².